The van der Waals surface area contributed by atoms with Crippen LogP contribution in [0.3, 0.4) is 0 Å². The van der Waals surface area contributed by atoms with Crippen molar-refractivity contribution in [3.05, 3.63) is 77.3 Å². The molecule has 0 N–H and O–H groups in total. The Kier molecular flexibility index (Phi) is 2.76. The maximum absolute atomic E-state index is 6.22. The molecule has 1 aromatic heterocycles. The van der Waals surface area contributed by atoms with Crippen molar-refractivity contribution in [3.8, 4) is 5.69 Å². The molecule has 0 atom stereocenters. The third kappa shape index (κ3) is 1.93. The van der Waals surface area contributed by atoms with E-state index in [9.17, 15) is 0 Å². The van der Waals surface area contributed by atoms with Gasteiger partial charge >= 0.3 is 0 Å². The van der Waals surface area contributed by atoms with Crippen LogP contribution in [0.1, 0.15) is 5.56 Å². The van der Waals surface area contributed by atoms with Crippen LogP contribution in [-0.2, 0) is 0 Å². The molecule has 0 saturated carbocycles. The lowest BCUT2D eigenvalue weighted by molar-refractivity contribution is 1.18. The molecular formula is C19H14ClN. The van der Waals surface area contributed by atoms with Gasteiger partial charge in [0.15, 0.2) is 0 Å². The smallest absolute Gasteiger partial charge is 0.0555 e. The second kappa shape index (κ2) is 4.64. The fraction of sp³-hybridized carbons (Fsp3) is 0.0526. The van der Waals surface area contributed by atoms with E-state index in [4.69, 9.17) is 11.6 Å². The van der Waals surface area contributed by atoms with Gasteiger partial charge in [-0.25, -0.2) is 0 Å². The number of hydrogen-bond acceptors (Lipinski definition) is 0. The minimum Gasteiger partial charge on any atom is -0.309 e. The van der Waals surface area contributed by atoms with E-state index in [1.54, 1.807) is 0 Å². The summed E-state index contributed by atoms with van der Waals surface area (Å²) in [7, 11) is 0. The van der Waals surface area contributed by atoms with Gasteiger partial charge in [0.2, 0.25) is 0 Å². The minimum atomic E-state index is 0.763. The zero-order valence-corrected chi connectivity index (χ0v) is 12.4. The standard InChI is InChI=1S/C19H14ClN/c1-13-7-10-18-17(11-13)16-9-8-14(20)12-19(16)21(18)15-5-3-2-4-6-15/h2-12H,1H3. The molecule has 0 unspecified atom stereocenters. The highest BCUT2D eigenvalue weighted by Crippen LogP contribution is 2.33. The van der Waals surface area contributed by atoms with Crippen molar-refractivity contribution in [2.24, 2.45) is 0 Å². The molecule has 3 aromatic carbocycles. The predicted octanol–water partition coefficient (Wildman–Crippen LogP) is 5.75. The van der Waals surface area contributed by atoms with Crippen LogP contribution in [0.5, 0.6) is 0 Å². The van der Waals surface area contributed by atoms with Gasteiger partial charge in [0, 0.05) is 21.5 Å². The molecule has 102 valence electrons. The van der Waals surface area contributed by atoms with Gasteiger partial charge in [-0.1, -0.05) is 47.5 Å². The predicted molar refractivity (Wildman–Crippen MR) is 90.5 cm³/mol. The largest absolute Gasteiger partial charge is 0.309 e. The quantitative estimate of drug-likeness (QED) is 0.421. The summed E-state index contributed by atoms with van der Waals surface area (Å²) < 4.78 is 2.27. The molecule has 0 bridgehead atoms. The van der Waals surface area contributed by atoms with Crippen LogP contribution in [0.2, 0.25) is 5.02 Å². The molecular weight excluding hydrogens is 278 g/mol. The van der Waals surface area contributed by atoms with Gasteiger partial charge in [-0.15, -0.1) is 0 Å². The van der Waals surface area contributed by atoms with Gasteiger partial charge in [-0.2, -0.15) is 0 Å². The van der Waals surface area contributed by atoms with Gasteiger partial charge in [-0.3, -0.25) is 0 Å². The molecule has 0 fully saturated rings. The van der Waals surface area contributed by atoms with E-state index in [2.05, 4.69) is 60.0 Å². The van der Waals surface area contributed by atoms with Crippen LogP contribution in [-0.4, -0.2) is 4.57 Å². The van der Waals surface area contributed by atoms with Gasteiger partial charge in [0.25, 0.3) is 0 Å². The molecule has 0 spiro atoms. The second-order valence-corrected chi connectivity index (χ2v) is 5.79. The summed E-state index contributed by atoms with van der Waals surface area (Å²) in [5.74, 6) is 0. The third-order valence-electron chi connectivity index (χ3n) is 3.90. The highest BCUT2D eigenvalue weighted by Gasteiger charge is 2.12. The van der Waals surface area contributed by atoms with E-state index in [-0.39, 0.29) is 0 Å². The van der Waals surface area contributed by atoms with E-state index < -0.39 is 0 Å². The van der Waals surface area contributed by atoms with Crippen LogP contribution in [0.25, 0.3) is 27.5 Å². The molecule has 0 aliphatic rings. The molecule has 21 heavy (non-hydrogen) atoms. The fourth-order valence-electron chi connectivity index (χ4n) is 2.96. The number of rotatable bonds is 1. The fourth-order valence-corrected chi connectivity index (χ4v) is 3.13. The highest BCUT2D eigenvalue weighted by molar-refractivity contribution is 6.31. The molecule has 0 aliphatic heterocycles. The Morgan fingerprint density at radius 1 is 0.762 bits per heavy atom. The van der Waals surface area contributed by atoms with Gasteiger partial charge in [-0.05, 0) is 43.3 Å². The van der Waals surface area contributed by atoms with Crippen molar-refractivity contribution in [1.29, 1.82) is 0 Å². The lowest BCUT2D eigenvalue weighted by Crippen LogP contribution is -1.92. The van der Waals surface area contributed by atoms with Crippen molar-refractivity contribution in [3.63, 3.8) is 0 Å². The molecule has 4 aromatic rings. The number of aromatic nitrogens is 1. The van der Waals surface area contributed by atoms with Crippen molar-refractivity contribution in [2.45, 2.75) is 6.92 Å². The summed E-state index contributed by atoms with van der Waals surface area (Å²) >= 11 is 6.22. The Hall–Kier alpha value is -2.25. The van der Waals surface area contributed by atoms with Crippen molar-refractivity contribution in [2.75, 3.05) is 0 Å². The van der Waals surface area contributed by atoms with E-state index in [1.807, 2.05) is 18.2 Å². The summed E-state index contributed by atoms with van der Waals surface area (Å²) in [6.45, 7) is 2.13. The first-order valence-corrected chi connectivity index (χ1v) is 7.37. The number of hydrogen-bond donors (Lipinski definition) is 0. The van der Waals surface area contributed by atoms with E-state index >= 15 is 0 Å². The molecule has 1 nitrogen and oxygen atoms in total. The first-order valence-electron chi connectivity index (χ1n) is 7.00. The van der Waals surface area contributed by atoms with Gasteiger partial charge in [0.1, 0.15) is 0 Å². The number of aryl methyl sites for hydroxylation is 1. The Morgan fingerprint density at radius 2 is 1.57 bits per heavy atom. The lowest BCUT2D eigenvalue weighted by atomic mass is 10.1. The molecule has 0 amide bonds. The molecule has 2 heteroatoms. The van der Waals surface area contributed by atoms with Crippen molar-refractivity contribution >= 4 is 33.4 Å². The van der Waals surface area contributed by atoms with Crippen molar-refractivity contribution in [1.82, 2.24) is 4.57 Å². The van der Waals surface area contributed by atoms with Crippen molar-refractivity contribution < 1.29 is 0 Å². The van der Waals surface area contributed by atoms with Crippen LogP contribution in [0.15, 0.2) is 66.7 Å². The molecule has 0 saturated heterocycles. The summed E-state index contributed by atoms with van der Waals surface area (Å²) in [6.07, 6.45) is 0. The first kappa shape index (κ1) is 12.5. The molecule has 4 rings (SSSR count). The maximum Gasteiger partial charge on any atom is 0.0555 e. The SMILES string of the molecule is Cc1ccc2c(c1)c1ccc(Cl)cc1n2-c1ccccc1. The summed E-state index contributed by atoms with van der Waals surface area (Å²) in [5, 5.41) is 3.27. The normalized spacial score (nSPS) is 11.3. The Morgan fingerprint density at radius 3 is 2.38 bits per heavy atom. The van der Waals surface area contributed by atoms with E-state index in [0.29, 0.717) is 0 Å². The lowest BCUT2D eigenvalue weighted by Gasteiger charge is -2.07. The second-order valence-electron chi connectivity index (χ2n) is 5.35. The molecule has 1 heterocycles. The topological polar surface area (TPSA) is 4.93 Å². The zero-order chi connectivity index (χ0) is 14.4. The summed E-state index contributed by atoms with van der Waals surface area (Å²) in [5.41, 5.74) is 4.78. The number of fused-ring (bicyclic) bond motifs is 3. The van der Waals surface area contributed by atoms with Gasteiger partial charge in [0.05, 0.1) is 11.0 Å². The third-order valence-corrected chi connectivity index (χ3v) is 4.13. The average Bonchev–Trinajstić information content (AvgIpc) is 2.81. The number of nitrogens with zero attached hydrogens (tertiary/aromatic N) is 1. The minimum absolute atomic E-state index is 0.763. The zero-order valence-electron chi connectivity index (χ0n) is 11.7. The van der Waals surface area contributed by atoms with E-state index in [1.165, 1.54) is 21.9 Å². The van der Waals surface area contributed by atoms with E-state index in [0.717, 1.165) is 16.2 Å². The first-order chi connectivity index (χ1) is 10.2. The molecule has 0 aliphatic carbocycles. The highest BCUT2D eigenvalue weighted by atomic mass is 35.5. The number of para-hydroxylation sites is 1. The van der Waals surface area contributed by atoms with Crippen LogP contribution < -0.4 is 0 Å². The Bertz CT molecular complexity index is 952. The van der Waals surface area contributed by atoms with Gasteiger partial charge < -0.3 is 4.57 Å². The maximum atomic E-state index is 6.22. The monoisotopic (exact) mass is 291 g/mol. The Balaban J connectivity index is 2.23. The van der Waals surface area contributed by atoms with Crippen LogP contribution in [0.4, 0.5) is 0 Å². The summed E-state index contributed by atoms with van der Waals surface area (Å²) in [6, 6.07) is 23.1. The Labute approximate surface area is 128 Å². The number of halogens is 1. The average molecular weight is 292 g/mol. The molecule has 0 radical (unpaired) electrons. The van der Waals surface area contributed by atoms with Crippen LogP contribution in [0, 0.1) is 6.92 Å². The summed E-state index contributed by atoms with van der Waals surface area (Å²) in [4.78, 5) is 0. The number of benzene rings is 3. The van der Waals surface area contributed by atoms with Crippen LogP contribution >= 0.6 is 11.6 Å².